The fraction of sp³-hybridized carbons (Fsp3) is 0.167. The fourth-order valence-corrected chi connectivity index (χ4v) is 4.28. The average molecular weight is 447 g/mol. The molecule has 0 fully saturated rings. The van der Waals surface area contributed by atoms with Crippen molar-refractivity contribution < 1.29 is 9.53 Å². The molecule has 29 heavy (non-hydrogen) atoms. The molecule has 0 N–H and O–H groups in total. The number of ketones is 1. The minimum atomic E-state index is -0.780. The van der Waals surface area contributed by atoms with Gasteiger partial charge in [-0.3, -0.25) is 4.79 Å². The van der Waals surface area contributed by atoms with Gasteiger partial charge in [-0.1, -0.05) is 76.1 Å². The molecule has 0 bridgehead atoms. The molecule has 5 rings (SSSR count). The van der Waals surface area contributed by atoms with E-state index in [-0.39, 0.29) is 11.8 Å². The van der Waals surface area contributed by atoms with E-state index in [1.54, 1.807) is 0 Å². The lowest BCUT2D eigenvalue weighted by Gasteiger charge is -2.37. The Morgan fingerprint density at radius 1 is 1.07 bits per heavy atom. The second-order valence-electron chi connectivity index (χ2n) is 7.40. The van der Waals surface area contributed by atoms with Gasteiger partial charge in [-0.2, -0.15) is 5.10 Å². The summed E-state index contributed by atoms with van der Waals surface area (Å²) >= 11 is 3.56. The second-order valence-corrected chi connectivity index (χ2v) is 8.31. The highest BCUT2D eigenvalue weighted by molar-refractivity contribution is 9.10. The van der Waals surface area contributed by atoms with Gasteiger partial charge in [-0.25, -0.2) is 5.01 Å². The maximum Gasteiger partial charge on any atom is 0.251 e. The molecule has 2 aliphatic heterocycles. The molecule has 2 atom stereocenters. The molecule has 0 aliphatic carbocycles. The van der Waals surface area contributed by atoms with E-state index >= 15 is 0 Å². The Bertz CT molecular complexity index is 1110. The van der Waals surface area contributed by atoms with Crippen LogP contribution in [0.4, 0.5) is 0 Å². The maximum absolute atomic E-state index is 13.3. The number of ether oxygens (including phenoxy) is 1. The minimum Gasteiger partial charge on any atom is -0.461 e. The summed E-state index contributed by atoms with van der Waals surface area (Å²) in [6, 6.07) is 23.6. The number of carbonyl (C=O) groups is 1. The first-order valence-corrected chi connectivity index (χ1v) is 10.4. The first-order chi connectivity index (χ1) is 14.1. The number of carbonyl (C=O) groups excluding carboxylic acids is 1. The smallest absolute Gasteiger partial charge is 0.251 e. The van der Waals surface area contributed by atoms with E-state index in [0.29, 0.717) is 5.56 Å². The summed E-state index contributed by atoms with van der Waals surface area (Å²) in [7, 11) is 0. The predicted octanol–water partition coefficient (Wildman–Crippen LogP) is 5.51. The zero-order valence-electron chi connectivity index (χ0n) is 15.9. The largest absolute Gasteiger partial charge is 0.461 e. The van der Waals surface area contributed by atoms with Crippen molar-refractivity contribution in [1.82, 2.24) is 5.01 Å². The zero-order chi connectivity index (χ0) is 20.0. The minimum absolute atomic E-state index is 0.0362. The molecular formula is C24H19BrN2O2. The molecule has 2 unspecified atom stereocenters. The number of aryl methyl sites for hydroxylation is 1. The second kappa shape index (κ2) is 7.16. The van der Waals surface area contributed by atoms with Gasteiger partial charge in [0.15, 0.2) is 0 Å². The molecule has 0 aromatic heterocycles. The van der Waals surface area contributed by atoms with Gasteiger partial charge in [-0.15, -0.1) is 0 Å². The maximum atomic E-state index is 13.3. The quantitative estimate of drug-likeness (QED) is 0.498. The molecule has 0 spiro atoms. The summed E-state index contributed by atoms with van der Waals surface area (Å²) in [5, 5.41) is 6.68. The van der Waals surface area contributed by atoms with Gasteiger partial charge in [0, 0.05) is 22.0 Å². The molecule has 0 saturated carbocycles. The number of hydrogen-bond donors (Lipinski definition) is 0. The molecule has 144 valence electrons. The first-order valence-electron chi connectivity index (χ1n) is 9.58. The molecule has 2 aliphatic rings. The third kappa shape index (κ3) is 3.25. The van der Waals surface area contributed by atoms with E-state index in [1.165, 1.54) is 0 Å². The van der Waals surface area contributed by atoms with Crippen LogP contribution in [0.15, 0.2) is 82.4 Å². The highest BCUT2D eigenvalue weighted by Gasteiger charge is 2.43. The Labute approximate surface area is 177 Å². The average Bonchev–Trinajstić information content (AvgIpc) is 3.20. The number of Topliss-reactive ketones (excluding diaryl/α,β-unsaturated/α-hetero) is 1. The normalized spacial score (nSPS) is 19.8. The number of halogens is 1. The van der Waals surface area contributed by atoms with Crippen molar-refractivity contribution in [2.45, 2.75) is 25.6 Å². The van der Waals surface area contributed by atoms with Crippen LogP contribution in [0.25, 0.3) is 0 Å². The predicted molar refractivity (Wildman–Crippen MR) is 116 cm³/mol. The first kappa shape index (κ1) is 18.1. The summed E-state index contributed by atoms with van der Waals surface area (Å²) in [4.78, 5) is 13.3. The number of hydrogen-bond acceptors (Lipinski definition) is 4. The van der Waals surface area contributed by atoms with Crippen LogP contribution in [0.3, 0.4) is 0 Å². The zero-order valence-corrected chi connectivity index (χ0v) is 17.5. The Morgan fingerprint density at radius 3 is 2.59 bits per heavy atom. The molecule has 5 heteroatoms. The van der Waals surface area contributed by atoms with E-state index in [2.05, 4.69) is 34.1 Å². The molecule has 4 nitrogen and oxygen atoms in total. The molecular weight excluding hydrogens is 428 g/mol. The number of benzene rings is 3. The molecule has 3 aromatic rings. The standard InChI is InChI=1S/C24H19BrN2O2/c1-15-7-9-17(10-8-15)23(28)24-27-21(19-13-18(25)11-12-22(19)29-24)14-20(26-27)16-5-3-2-4-6-16/h2-13,21,24H,14H2,1H3. The number of fused-ring (bicyclic) bond motifs is 3. The summed E-state index contributed by atoms with van der Waals surface area (Å²) in [5.74, 6) is 0.658. The van der Waals surface area contributed by atoms with Crippen LogP contribution in [-0.4, -0.2) is 22.7 Å². The van der Waals surface area contributed by atoms with Crippen LogP contribution < -0.4 is 4.74 Å². The number of rotatable bonds is 3. The van der Waals surface area contributed by atoms with E-state index in [4.69, 9.17) is 9.84 Å². The summed E-state index contributed by atoms with van der Waals surface area (Å²) in [5.41, 5.74) is 4.82. The summed E-state index contributed by atoms with van der Waals surface area (Å²) in [6.07, 6.45) is -0.0493. The van der Waals surface area contributed by atoms with Crippen molar-refractivity contribution >= 4 is 27.4 Å². The van der Waals surface area contributed by atoms with Crippen molar-refractivity contribution in [2.75, 3.05) is 0 Å². The van der Waals surface area contributed by atoms with Gasteiger partial charge in [0.2, 0.25) is 5.78 Å². The molecule has 2 heterocycles. The van der Waals surface area contributed by atoms with Crippen molar-refractivity contribution in [3.8, 4) is 5.75 Å². The highest BCUT2D eigenvalue weighted by Crippen LogP contribution is 2.44. The number of nitrogens with zero attached hydrogens (tertiary/aromatic N) is 2. The SMILES string of the molecule is Cc1ccc(C(=O)C2Oc3ccc(Br)cc3C3CC(c4ccccc4)=NN23)cc1. The van der Waals surface area contributed by atoms with Gasteiger partial charge in [-0.05, 0) is 30.7 Å². The van der Waals surface area contributed by atoms with E-state index in [0.717, 1.165) is 39.0 Å². The number of hydrazone groups is 1. The van der Waals surface area contributed by atoms with Crippen LogP contribution in [-0.2, 0) is 0 Å². The Morgan fingerprint density at radius 2 is 1.83 bits per heavy atom. The monoisotopic (exact) mass is 446 g/mol. The summed E-state index contributed by atoms with van der Waals surface area (Å²) in [6.45, 7) is 2.01. The van der Waals surface area contributed by atoms with Crippen LogP contribution in [0.2, 0.25) is 0 Å². The Hall–Kier alpha value is -2.92. The molecule has 3 aromatic carbocycles. The summed E-state index contributed by atoms with van der Waals surface area (Å²) < 4.78 is 7.16. The Balaban J connectivity index is 1.57. The van der Waals surface area contributed by atoms with Gasteiger partial charge >= 0.3 is 0 Å². The van der Waals surface area contributed by atoms with Gasteiger partial charge in [0.25, 0.3) is 6.23 Å². The highest BCUT2D eigenvalue weighted by atomic mass is 79.9. The molecule has 0 amide bonds. The third-order valence-electron chi connectivity index (χ3n) is 5.42. The van der Waals surface area contributed by atoms with Crippen LogP contribution in [0, 0.1) is 6.92 Å². The van der Waals surface area contributed by atoms with Crippen LogP contribution in [0.5, 0.6) is 5.75 Å². The van der Waals surface area contributed by atoms with Crippen LogP contribution in [0.1, 0.15) is 39.5 Å². The van der Waals surface area contributed by atoms with Crippen molar-refractivity contribution in [3.63, 3.8) is 0 Å². The van der Waals surface area contributed by atoms with Crippen molar-refractivity contribution in [2.24, 2.45) is 5.10 Å². The third-order valence-corrected chi connectivity index (χ3v) is 5.91. The lowest BCUT2D eigenvalue weighted by Crippen LogP contribution is -2.45. The van der Waals surface area contributed by atoms with E-state index in [9.17, 15) is 4.79 Å². The van der Waals surface area contributed by atoms with Crippen molar-refractivity contribution in [3.05, 3.63) is 99.5 Å². The van der Waals surface area contributed by atoms with Gasteiger partial charge in [0.05, 0.1) is 11.8 Å². The Kier molecular flexibility index (Phi) is 4.47. The topological polar surface area (TPSA) is 41.9 Å². The lowest BCUT2D eigenvalue weighted by atomic mass is 9.95. The molecule has 0 radical (unpaired) electrons. The van der Waals surface area contributed by atoms with Crippen molar-refractivity contribution in [1.29, 1.82) is 0 Å². The van der Waals surface area contributed by atoms with Gasteiger partial charge in [0.1, 0.15) is 5.75 Å². The van der Waals surface area contributed by atoms with Crippen LogP contribution >= 0.6 is 15.9 Å². The van der Waals surface area contributed by atoms with E-state index in [1.807, 2.05) is 66.5 Å². The fourth-order valence-electron chi connectivity index (χ4n) is 3.90. The van der Waals surface area contributed by atoms with E-state index < -0.39 is 6.23 Å². The molecule has 0 saturated heterocycles. The van der Waals surface area contributed by atoms with Gasteiger partial charge < -0.3 is 4.74 Å². The lowest BCUT2D eigenvalue weighted by molar-refractivity contribution is -0.00459.